The molecule has 0 aromatic heterocycles. The Labute approximate surface area is 224 Å². The Morgan fingerprint density at radius 2 is 1.15 bits per heavy atom. The van der Waals surface area contributed by atoms with Gasteiger partial charge in [0.05, 0.1) is 6.42 Å². The van der Waals surface area contributed by atoms with Gasteiger partial charge in [0.1, 0.15) is 23.7 Å². The van der Waals surface area contributed by atoms with Crippen molar-refractivity contribution in [3.05, 3.63) is 71.8 Å². The first-order chi connectivity index (χ1) is 18.1. The number of benzene rings is 2. The van der Waals surface area contributed by atoms with E-state index in [2.05, 4.69) is 10.6 Å². The maximum Gasteiger partial charge on any atom is 0.408 e. The lowest BCUT2D eigenvalue weighted by atomic mass is 10.0. The molecule has 39 heavy (non-hydrogen) atoms. The van der Waals surface area contributed by atoms with Crippen LogP contribution in [0.3, 0.4) is 0 Å². The van der Waals surface area contributed by atoms with Gasteiger partial charge in [-0.1, -0.05) is 60.7 Å². The summed E-state index contributed by atoms with van der Waals surface area (Å²) in [5.41, 5.74) is 0.368. The Kier molecular flexibility index (Phi) is 10.9. The van der Waals surface area contributed by atoms with E-state index in [0.29, 0.717) is 11.1 Å². The van der Waals surface area contributed by atoms with E-state index in [-0.39, 0.29) is 12.8 Å². The van der Waals surface area contributed by atoms with Gasteiger partial charge in [0.15, 0.2) is 0 Å². The number of hydrogen-bond donors (Lipinski definition) is 4. The van der Waals surface area contributed by atoms with Crippen LogP contribution in [0.2, 0.25) is 0 Å². The van der Waals surface area contributed by atoms with E-state index < -0.39 is 60.2 Å². The molecule has 0 saturated heterocycles. The van der Waals surface area contributed by atoms with Crippen molar-refractivity contribution in [2.45, 2.75) is 69.9 Å². The highest BCUT2D eigenvalue weighted by Gasteiger charge is 2.38. The summed E-state index contributed by atoms with van der Waals surface area (Å²) in [5.74, 6) is -3.82. The molecule has 2 rings (SSSR count). The fraction of sp³-hybridized carbons (Fsp3) is 0.407. The molecule has 212 valence electrons. The number of nitrogens with one attached hydrogen (secondary N) is 3. The quantitative estimate of drug-likeness (QED) is 0.339. The third-order valence-corrected chi connectivity index (χ3v) is 5.26. The Bertz CT molecular complexity index is 1120. The van der Waals surface area contributed by atoms with Gasteiger partial charge in [0.2, 0.25) is 11.8 Å². The lowest BCUT2D eigenvalue weighted by molar-refractivity contribution is -0.160. The minimum Gasteiger partial charge on any atom is -0.480 e. The predicted octanol–water partition coefficient (Wildman–Crippen LogP) is 3.37. The van der Waals surface area contributed by atoms with Gasteiger partial charge in [-0.15, -0.1) is 0 Å². The minimum atomic E-state index is -4.85. The molecule has 0 aliphatic carbocycles. The van der Waals surface area contributed by atoms with Gasteiger partial charge in [-0.25, -0.2) is 9.59 Å². The Morgan fingerprint density at radius 3 is 1.54 bits per heavy atom. The topological polar surface area (TPSA) is 134 Å². The molecular weight excluding hydrogens is 519 g/mol. The SMILES string of the molecule is CC(C)(C)OC(=O)N[C@H](Cc1ccccc1)C(=O)N[C@H](Cc1ccccc1)C(=O)NC(CC(F)(F)F)C(=O)O. The molecule has 0 aliphatic heterocycles. The smallest absolute Gasteiger partial charge is 0.408 e. The number of alkyl carbamates (subject to hydrolysis) is 1. The minimum absolute atomic E-state index is 0.0113. The van der Waals surface area contributed by atoms with E-state index in [0.717, 1.165) is 0 Å². The zero-order valence-electron chi connectivity index (χ0n) is 21.7. The van der Waals surface area contributed by atoms with E-state index in [9.17, 15) is 37.5 Å². The number of halogens is 3. The molecule has 0 fully saturated rings. The highest BCUT2D eigenvalue weighted by Crippen LogP contribution is 2.22. The summed E-state index contributed by atoms with van der Waals surface area (Å²) < 4.78 is 43.9. The maximum absolute atomic E-state index is 13.3. The molecule has 3 amide bonds. The van der Waals surface area contributed by atoms with Crippen molar-refractivity contribution in [1.29, 1.82) is 0 Å². The number of aliphatic carboxylic acids is 1. The molecule has 9 nitrogen and oxygen atoms in total. The Hall–Kier alpha value is -4.09. The summed E-state index contributed by atoms with van der Waals surface area (Å²) in [4.78, 5) is 50.2. The van der Waals surface area contributed by atoms with Crippen molar-refractivity contribution in [3.8, 4) is 0 Å². The van der Waals surface area contributed by atoms with E-state index in [1.165, 1.54) is 0 Å². The van der Waals surface area contributed by atoms with Crippen LogP contribution < -0.4 is 16.0 Å². The predicted molar refractivity (Wildman–Crippen MR) is 136 cm³/mol. The summed E-state index contributed by atoms with van der Waals surface area (Å²) in [7, 11) is 0. The largest absolute Gasteiger partial charge is 0.480 e. The molecule has 4 N–H and O–H groups in total. The van der Waals surface area contributed by atoms with Gasteiger partial charge in [0, 0.05) is 12.8 Å². The number of ether oxygens (including phenoxy) is 1. The van der Waals surface area contributed by atoms with Crippen molar-refractivity contribution in [3.63, 3.8) is 0 Å². The molecule has 2 aromatic carbocycles. The molecule has 0 bridgehead atoms. The lowest BCUT2D eigenvalue weighted by Crippen LogP contribution is -2.57. The molecule has 0 spiro atoms. The third-order valence-electron chi connectivity index (χ3n) is 5.26. The first kappa shape index (κ1) is 31.1. The van der Waals surface area contributed by atoms with Gasteiger partial charge in [-0.3, -0.25) is 9.59 Å². The van der Waals surface area contributed by atoms with Crippen LogP contribution >= 0.6 is 0 Å². The van der Waals surface area contributed by atoms with Gasteiger partial charge >= 0.3 is 18.2 Å². The molecule has 3 atom stereocenters. The number of carbonyl (C=O) groups is 4. The summed E-state index contributed by atoms with van der Waals surface area (Å²) in [5, 5.41) is 16.0. The molecule has 12 heteroatoms. The van der Waals surface area contributed by atoms with Gasteiger partial charge < -0.3 is 25.8 Å². The third kappa shape index (κ3) is 11.9. The van der Waals surface area contributed by atoms with Crippen molar-refractivity contribution >= 4 is 23.9 Å². The van der Waals surface area contributed by atoms with E-state index in [1.807, 2.05) is 5.32 Å². The van der Waals surface area contributed by atoms with Crippen molar-refractivity contribution in [2.75, 3.05) is 0 Å². The van der Waals surface area contributed by atoms with Crippen molar-refractivity contribution in [2.24, 2.45) is 0 Å². The van der Waals surface area contributed by atoms with Crippen LogP contribution in [-0.4, -0.2) is 58.9 Å². The van der Waals surface area contributed by atoms with Crippen LogP contribution in [-0.2, 0) is 32.0 Å². The van der Waals surface area contributed by atoms with Crippen LogP contribution in [0.1, 0.15) is 38.3 Å². The Balaban J connectivity index is 2.31. The number of carboxylic acids is 1. The van der Waals surface area contributed by atoms with Crippen LogP contribution in [0.4, 0.5) is 18.0 Å². The van der Waals surface area contributed by atoms with Gasteiger partial charge in [-0.2, -0.15) is 13.2 Å². The molecule has 0 saturated carbocycles. The maximum atomic E-state index is 13.3. The second-order valence-corrected chi connectivity index (χ2v) is 9.86. The van der Waals surface area contributed by atoms with E-state index in [4.69, 9.17) is 4.74 Å². The van der Waals surface area contributed by atoms with Gasteiger partial charge in [-0.05, 0) is 31.9 Å². The average molecular weight is 552 g/mol. The van der Waals surface area contributed by atoms with E-state index in [1.54, 1.807) is 81.4 Å². The normalized spacial score (nSPS) is 13.9. The Morgan fingerprint density at radius 1 is 0.744 bits per heavy atom. The highest BCUT2D eigenvalue weighted by molar-refractivity contribution is 5.93. The number of carboxylic acid groups (broad SMARTS) is 1. The number of amides is 3. The molecule has 2 aromatic rings. The molecule has 0 aliphatic rings. The number of carbonyl (C=O) groups excluding carboxylic acids is 3. The number of alkyl halides is 3. The highest BCUT2D eigenvalue weighted by atomic mass is 19.4. The summed E-state index contributed by atoms with van der Waals surface area (Å²) in [6, 6.07) is 12.1. The van der Waals surface area contributed by atoms with Crippen molar-refractivity contribution in [1.82, 2.24) is 16.0 Å². The van der Waals surface area contributed by atoms with Crippen LogP contribution in [0.5, 0.6) is 0 Å². The monoisotopic (exact) mass is 551 g/mol. The summed E-state index contributed by atoms with van der Waals surface area (Å²) >= 11 is 0. The standard InChI is InChI=1S/C27H32F3N3O6/c1-26(2,3)39-25(38)33-20(15-18-12-8-5-9-13-18)23(35)31-19(14-17-10-6-4-7-11-17)22(34)32-21(24(36)37)16-27(28,29)30/h4-13,19-21H,14-16H2,1-3H3,(H,31,35)(H,32,34)(H,33,38)(H,36,37)/t19-,20-,21?/m1/s1. The first-order valence-corrected chi connectivity index (χ1v) is 12.1. The first-order valence-electron chi connectivity index (χ1n) is 12.1. The zero-order chi connectivity index (χ0) is 29.2. The molecule has 0 heterocycles. The molecular formula is C27H32F3N3O6. The van der Waals surface area contributed by atoms with Crippen LogP contribution in [0, 0.1) is 0 Å². The fourth-order valence-corrected chi connectivity index (χ4v) is 3.54. The zero-order valence-corrected chi connectivity index (χ0v) is 21.7. The lowest BCUT2D eigenvalue weighted by Gasteiger charge is -2.26. The van der Waals surface area contributed by atoms with Gasteiger partial charge in [0.25, 0.3) is 0 Å². The van der Waals surface area contributed by atoms with Crippen LogP contribution in [0.15, 0.2) is 60.7 Å². The average Bonchev–Trinajstić information content (AvgIpc) is 2.82. The molecule has 0 radical (unpaired) electrons. The van der Waals surface area contributed by atoms with E-state index >= 15 is 0 Å². The summed E-state index contributed by atoms with van der Waals surface area (Å²) in [6.45, 7) is 4.91. The fourth-order valence-electron chi connectivity index (χ4n) is 3.54. The molecule has 1 unspecified atom stereocenters. The number of rotatable bonds is 11. The van der Waals surface area contributed by atoms with Crippen LogP contribution in [0.25, 0.3) is 0 Å². The second kappa shape index (κ2) is 13.6. The summed E-state index contributed by atoms with van der Waals surface area (Å²) in [6.07, 6.45) is -7.68. The second-order valence-electron chi connectivity index (χ2n) is 9.86. The number of hydrogen-bond acceptors (Lipinski definition) is 5. The van der Waals surface area contributed by atoms with Crippen molar-refractivity contribution < 1.29 is 42.2 Å².